The van der Waals surface area contributed by atoms with Crippen LogP contribution in [-0.2, 0) is 36.8 Å². The van der Waals surface area contributed by atoms with Crippen molar-refractivity contribution in [1.82, 2.24) is 30.0 Å². The average Bonchev–Trinajstić information content (AvgIpc) is 3.50. The SMILES string of the molecule is CC(C)[Si]1(C(C)C)OC[C@H]2O[C@@H](n3ccc(=O)[nH]c3=O)[C@H](OC(=O)NCCCN(CCCCN(CCCNC(=O)C(F)(F)F)C(=O)C(F)(F)F)C(=O)C(F)(F)F)[C@@H]2O[Si](C(C)C)(C(C)C)O1. The van der Waals surface area contributed by atoms with Crippen LogP contribution in [0.15, 0.2) is 21.9 Å². The fourth-order valence-electron chi connectivity index (χ4n) is 7.89. The van der Waals surface area contributed by atoms with Gasteiger partial charge in [-0.05, 0) is 47.8 Å². The lowest BCUT2D eigenvalue weighted by atomic mass is 10.1. The van der Waals surface area contributed by atoms with E-state index in [1.54, 1.807) is 0 Å². The lowest BCUT2D eigenvalue weighted by Crippen LogP contribution is -2.66. The molecule has 0 bridgehead atoms. The second-order valence-electron chi connectivity index (χ2n) is 17.2. The van der Waals surface area contributed by atoms with Gasteiger partial charge in [0.15, 0.2) is 12.3 Å². The largest absolute Gasteiger partial charge is 0.471 e. The van der Waals surface area contributed by atoms with Crippen molar-refractivity contribution in [3.8, 4) is 0 Å². The molecule has 0 spiro atoms. The Kier molecular flexibility index (Phi) is 19.5. The predicted molar refractivity (Wildman–Crippen MR) is 220 cm³/mol. The zero-order chi connectivity index (χ0) is 50.2. The van der Waals surface area contributed by atoms with Gasteiger partial charge in [0.2, 0.25) is 0 Å². The number of aromatic amines is 1. The Balaban J connectivity index is 1.77. The molecular weight excluding hydrogens is 944 g/mol. The van der Waals surface area contributed by atoms with Gasteiger partial charge in [-0.1, -0.05) is 55.4 Å². The van der Waals surface area contributed by atoms with Crippen LogP contribution >= 0.6 is 0 Å². The van der Waals surface area contributed by atoms with Crippen molar-refractivity contribution in [3.63, 3.8) is 0 Å². The molecule has 0 unspecified atom stereocenters. The first kappa shape index (κ1) is 56.3. The summed E-state index contributed by atoms with van der Waals surface area (Å²) >= 11 is 0. The number of H-pyrrole nitrogens is 1. The van der Waals surface area contributed by atoms with Gasteiger partial charge in [-0.2, -0.15) is 39.5 Å². The number of carbonyl (C=O) groups is 4. The van der Waals surface area contributed by atoms with E-state index in [1.807, 2.05) is 55.4 Å². The fourth-order valence-corrected chi connectivity index (χ4v) is 19.1. The number of rotatable bonds is 19. The number of aromatic nitrogens is 2. The van der Waals surface area contributed by atoms with E-state index >= 15 is 0 Å². The molecule has 66 heavy (non-hydrogen) atoms. The highest BCUT2D eigenvalue weighted by Gasteiger charge is 2.63. The number of alkyl carbamates (subject to hydrolysis) is 1. The number of ether oxygens (including phenoxy) is 2. The molecule has 3 rings (SSSR count). The number of fused-ring (bicyclic) bond motifs is 1. The summed E-state index contributed by atoms with van der Waals surface area (Å²) in [5, 5.41) is 3.85. The molecule has 3 N–H and O–H groups in total. The maximum Gasteiger partial charge on any atom is 0.471 e. The van der Waals surface area contributed by atoms with Crippen LogP contribution in [0, 0.1) is 0 Å². The van der Waals surface area contributed by atoms with E-state index in [-0.39, 0.29) is 59.5 Å². The average molecular weight is 1000 g/mol. The van der Waals surface area contributed by atoms with Gasteiger partial charge in [0.1, 0.15) is 12.2 Å². The van der Waals surface area contributed by atoms with E-state index in [4.69, 9.17) is 22.4 Å². The first-order valence-electron chi connectivity index (χ1n) is 21.4. The van der Waals surface area contributed by atoms with Gasteiger partial charge in [0, 0.05) is 51.5 Å². The summed E-state index contributed by atoms with van der Waals surface area (Å²) < 4.78 is 152. The van der Waals surface area contributed by atoms with Gasteiger partial charge in [-0.15, -0.1) is 0 Å². The topological polar surface area (TPSA) is 200 Å². The Bertz CT molecular complexity index is 1920. The fraction of sp³-hybridized carbons (Fsp3) is 0.789. The summed E-state index contributed by atoms with van der Waals surface area (Å²) in [4.78, 5) is 76.5. The van der Waals surface area contributed by atoms with E-state index in [0.29, 0.717) is 4.90 Å². The smallest absolute Gasteiger partial charge is 0.439 e. The van der Waals surface area contributed by atoms with Gasteiger partial charge >= 0.3 is 65.2 Å². The number of hydrogen-bond acceptors (Lipinski definition) is 11. The molecule has 28 heteroatoms. The lowest BCUT2D eigenvalue weighted by Gasteiger charge is -2.51. The normalized spacial score (nSPS) is 21.0. The summed E-state index contributed by atoms with van der Waals surface area (Å²) in [6.07, 6.45) is -22.4. The van der Waals surface area contributed by atoms with E-state index in [1.165, 1.54) is 5.32 Å². The minimum absolute atomic E-state index is 0.0437. The van der Waals surface area contributed by atoms with Crippen LogP contribution in [0.1, 0.15) is 87.3 Å². The number of carbonyl (C=O) groups excluding carboxylic acids is 4. The highest BCUT2D eigenvalue weighted by atomic mass is 28.5. The number of amides is 4. The predicted octanol–water partition coefficient (Wildman–Crippen LogP) is 5.51. The number of nitrogens with zero attached hydrogens (tertiary/aromatic N) is 3. The Morgan fingerprint density at radius 3 is 1.65 bits per heavy atom. The van der Waals surface area contributed by atoms with Crippen molar-refractivity contribution < 1.29 is 81.1 Å². The Morgan fingerprint density at radius 2 is 1.21 bits per heavy atom. The summed E-state index contributed by atoms with van der Waals surface area (Å²) in [7, 11) is -6.46. The quantitative estimate of drug-likeness (QED) is 0.0898. The summed E-state index contributed by atoms with van der Waals surface area (Å²) in [6.45, 7) is 11.8. The van der Waals surface area contributed by atoms with Gasteiger partial charge in [0.05, 0.1) is 6.61 Å². The second kappa shape index (κ2) is 22.9. The van der Waals surface area contributed by atoms with Gasteiger partial charge in [-0.3, -0.25) is 28.7 Å². The Hall–Kier alpha value is -4.00. The molecule has 0 aromatic carbocycles. The minimum Gasteiger partial charge on any atom is -0.439 e. The number of alkyl halides is 9. The van der Waals surface area contributed by atoms with Gasteiger partial charge in [-0.25, -0.2) is 9.59 Å². The number of hydrogen-bond donors (Lipinski definition) is 3. The molecule has 2 aliphatic heterocycles. The molecule has 1 aromatic rings. The van der Waals surface area contributed by atoms with Crippen molar-refractivity contribution in [3.05, 3.63) is 33.1 Å². The van der Waals surface area contributed by atoms with E-state index < -0.39 is 134 Å². The van der Waals surface area contributed by atoms with E-state index in [2.05, 4.69) is 10.3 Å². The van der Waals surface area contributed by atoms with Crippen LogP contribution in [0.3, 0.4) is 0 Å². The van der Waals surface area contributed by atoms with Crippen LogP contribution in [-0.4, -0.2) is 143 Å². The molecule has 2 fully saturated rings. The van der Waals surface area contributed by atoms with Crippen molar-refractivity contribution >= 4 is 40.9 Å². The van der Waals surface area contributed by atoms with Crippen LogP contribution in [0.25, 0.3) is 0 Å². The molecule has 4 atom stereocenters. The molecule has 378 valence electrons. The summed E-state index contributed by atoms with van der Waals surface area (Å²) in [6, 6.07) is 1.06. The Labute approximate surface area is 376 Å². The van der Waals surface area contributed by atoms with Crippen LogP contribution in [0.2, 0.25) is 22.2 Å². The molecule has 2 aliphatic rings. The molecule has 17 nitrogen and oxygen atoms in total. The first-order chi connectivity index (χ1) is 30.4. The molecule has 2 saturated heterocycles. The monoisotopic (exact) mass is 1000 g/mol. The maximum absolute atomic E-state index is 13.6. The van der Waals surface area contributed by atoms with Crippen LogP contribution in [0.4, 0.5) is 44.3 Å². The van der Waals surface area contributed by atoms with Crippen molar-refractivity contribution in [2.45, 2.75) is 146 Å². The lowest BCUT2D eigenvalue weighted by molar-refractivity contribution is -0.186. The third-order valence-corrected chi connectivity index (χ3v) is 21.4. The standard InChI is InChI=1S/C38H59F9N6O11Si2/c1-22(2)65(23(3)4)60-21-26-28(63-66(64-65,24(5)6)25(7)8)29(30(61-26)53-20-13-27(54)50-34(53)58)62-35(59)49-15-12-19-52(33(57)38(45,46)47)17-10-9-16-51(32(56)37(42,43)44)18-11-14-48-31(55)36(39,40)41/h13,20,22-26,28-30H,9-12,14-19,21H2,1-8H3,(H,48,55)(H,49,59)(H,50,54,58)/t26-,28-,29-,30-/m1/s1. The second-order valence-corrected chi connectivity index (χ2v) is 26.0. The summed E-state index contributed by atoms with van der Waals surface area (Å²) in [5.41, 5.74) is -2.08. The van der Waals surface area contributed by atoms with E-state index in [0.717, 1.165) is 16.8 Å². The maximum atomic E-state index is 13.6. The first-order valence-corrected chi connectivity index (χ1v) is 25.3. The van der Waals surface area contributed by atoms with Crippen LogP contribution < -0.4 is 21.9 Å². The zero-order valence-electron chi connectivity index (χ0n) is 37.8. The molecular formula is C38H59F9N6O11Si2. The molecule has 4 amide bonds. The molecule has 0 radical (unpaired) electrons. The number of nitrogens with one attached hydrogen (secondary N) is 3. The van der Waals surface area contributed by atoms with Crippen molar-refractivity contribution in [1.29, 1.82) is 0 Å². The molecule has 3 heterocycles. The third-order valence-electron chi connectivity index (χ3n) is 11.2. The number of halogens is 9. The molecule has 1 aromatic heterocycles. The van der Waals surface area contributed by atoms with E-state index in [9.17, 15) is 68.3 Å². The third kappa shape index (κ3) is 14.3. The van der Waals surface area contributed by atoms with Crippen LogP contribution in [0.5, 0.6) is 0 Å². The molecule has 0 saturated carbocycles. The van der Waals surface area contributed by atoms with Gasteiger partial charge < -0.3 is 42.9 Å². The highest BCUT2D eigenvalue weighted by molar-refractivity contribution is 6.84. The molecule has 0 aliphatic carbocycles. The van der Waals surface area contributed by atoms with Gasteiger partial charge in [0.25, 0.3) is 5.56 Å². The zero-order valence-corrected chi connectivity index (χ0v) is 39.8. The summed E-state index contributed by atoms with van der Waals surface area (Å²) in [5.74, 6) is -7.01. The van der Waals surface area contributed by atoms with Crippen molar-refractivity contribution in [2.24, 2.45) is 0 Å². The Morgan fingerprint density at radius 1 is 0.742 bits per heavy atom. The minimum atomic E-state index is -5.40. The van der Waals surface area contributed by atoms with Crippen molar-refractivity contribution in [2.75, 3.05) is 45.9 Å². The number of unbranched alkanes of at least 4 members (excludes halogenated alkanes) is 1. The highest BCUT2D eigenvalue weighted by Crippen LogP contribution is 2.48.